The quantitative estimate of drug-likeness (QED) is 0.0633. The summed E-state index contributed by atoms with van der Waals surface area (Å²) in [5, 5.41) is 58.3. The van der Waals surface area contributed by atoms with Crippen LogP contribution in [0.2, 0.25) is 0 Å². The van der Waals surface area contributed by atoms with Crippen molar-refractivity contribution < 1.29 is 44.5 Å². The number of nitrogen functional groups attached to an aromatic ring is 1. The Kier molecular flexibility index (Phi) is 15.2. The number of hydrogen-bond donors (Lipinski definition) is 8. The molecular weight excluding hydrogens is 644 g/mol. The van der Waals surface area contributed by atoms with Crippen LogP contribution >= 0.6 is 0 Å². The predicted octanol–water partition coefficient (Wildman–Crippen LogP) is 3.20. The fourth-order valence-corrected chi connectivity index (χ4v) is 6.31. The highest BCUT2D eigenvalue weighted by molar-refractivity contribution is 5.53. The summed E-state index contributed by atoms with van der Waals surface area (Å²) in [6.07, 6.45) is 2.92. The van der Waals surface area contributed by atoms with Crippen LogP contribution in [0.3, 0.4) is 0 Å². The predicted molar refractivity (Wildman–Crippen MR) is 190 cm³/mol. The number of aliphatic hydroxyl groups is 3. The van der Waals surface area contributed by atoms with E-state index in [2.05, 4.69) is 15.6 Å². The number of likely N-dealkylation sites (N-methyl/N-ethyl adjacent to an activating group) is 1. The van der Waals surface area contributed by atoms with Crippen LogP contribution in [0.4, 0.5) is 5.82 Å². The molecule has 6 atom stereocenters. The number of phenols is 2. The Morgan fingerprint density at radius 3 is 2.52 bits per heavy atom. The minimum Gasteiger partial charge on any atom is -0.504 e. The van der Waals surface area contributed by atoms with E-state index >= 15 is 0 Å². The molecule has 0 saturated carbocycles. The van der Waals surface area contributed by atoms with Gasteiger partial charge in [-0.3, -0.25) is 5.32 Å². The summed E-state index contributed by atoms with van der Waals surface area (Å²) in [6.45, 7) is 5.07. The molecule has 0 spiro atoms. The SMILES string of the molecule is CCNC(CCc1ccnc(N)c1)COc1cc(C2OC(CCc3ccc(O)c(OCNCC(C)O)c3)CC(O)C2CCO)cc(OC)c1O. The van der Waals surface area contributed by atoms with Crippen molar-refractivity contribution in [2.45, 2.75) is 82.8 Å². The molecule has 13 nitrogen and oxygen atoms in total. The normalized spacial score (nSPS) is 20.3. The average molecular weight is 699 g/mol. The van der Waals surface area contributed by atoms with E-state index in [9.17, 15) is 25.5 Å². The third-order valence-electron chi connectivity index (χ3n) is 8.91. The standard InChI is InChI=1S/C37H54N4O9/c1-4-40-27(8-5-25-11-13-41-35(38)16-25)21-48-34-18-26(17-33(47-3)36(34)46)37-29(12-14-42)31(45)19-28(50-37)9-6-24-7-10-30(44)32(15-24)49-22-39-20-23(2)43/h7,10-11,13,15-18,23,27-29,31,37,39-40,42-46H,4-6,8-9,12,14,19-22H2,1-3H3,(H2,38,41). The van der Waals surface area contributed by atoms with E-state index in [0.29, 0.717) is 49.4 Å². The van der Waals surface area contributed by atoms with Crippen molar-refractivity contribution in [1.29, 1.82) is 0 Å². The number of phenolic OH excluding ortho intramolecular Hbond substituents is 2. The molecule has 0 bridgehead atoms. The van der Waals surface area contributed by atoms with E-state index in [1.807, 2.05) is 25.1 Å². The van der Waals surface area contributed by atoms with E-state index in [1.54, 1.807) is 37.4 Å². The number of pyridine rings is 1. The highest BCUT2D eigenvalue weighted by Crippen LogP contribution is 2.45. The van der Waals surface area contributed by atoms with Gasteiger partial charge < -0.3 is 55.5 Å². The van der Waals surface area contributed by atoms with Gasteiger partial charge in [-0.2, -0.15) is 0 Å². The molecule has 1 aliphatic rings. The van der Waals surface area contributed by atoms with Crippen LogP contribution in [-0.4, -0.2) is 95.0 Å². The van der Waals surface area contributed by atoms with Gasteiger partial charge in [0.05, 0.1) is 31.5 Å². The van der Waals surface area contributed by atoms with Crippen LogP contribution in [0.25, 0.3) is 0 Å². The number of aliphatic hydroxyl groups excluding tert-OH is 3. The summed E-state index contributed by atoms with van der Waals surface area (Å²) >= 11 is 0. The maximum absolute atomic E-state index is 11.3. The zero-order valence-electron chi connectivity index (χ0n) is 29.3. The zero-order valence-corrected chi connectivity index (χ0v) is 29.3. The Bertz CT molecular complexity index is 1480. The highest BCUT2D eigenvalue weighted by atomic mass is 16.5. The second kappa shape index (κ2) is 19.5. The first kappa shape index (κ1) is 38.9. The number of aryl methyl sites for hydroxylation is 2. The van der Waals surface area contributed by atoms with Gasteiger partial charge in [-0.05, 0) is 105 Å². The number of methoxy groups -OCH3 is 1. The Balaban J connectivity index is 1.47. The summed E-state index contributed by atoms with van der Waals surface area (Å²) in [6, 6.07) is 12.4. The van der Waals surface area contributed by atoms with Crippen LogP contribution in [0.1, 0.15) is 62.3 Å². The van der Waals surface area contributed by atoms with Crippen molar-refractivity contribution in [3.05, 3.63) is 65.4 Å². The van der Waals surface area contributed by atoms with Crippen LogP contribution in [0.15, 0.2) is 48.7 Å². The van der Waals surface area contributed by atoms with Crippen molar-refractivity contribution in [1.82, 2.24) is 15.6 Å². The first-order valence-electron chi connectivity index (χ1n) is 17.4. The minimum absolute atomic E-state index is 0.0128. The van der Waals surface area contributed by atoms with Gasteiger partial charge in [0.2, 0.25) is 5.75 Å². The first-order valence-corrected chi connectivity index (χ1v) is 17.4. The summed E-state index contributed by atoms with van der Waals surface area (Å²) in [4.78, 5) is 4.06. The van der Waals surface area contributed by atoms with E-state index in [-0.39, 0.29) is 55.1 Å². The fraction of sp³-hybridized carbons (Fsp3) is 0.541. The molecule has 2 aromatic carbocycles. The molecule has 276 valence electrons. The Labute approximate surface area is 294 Å². The number of benzene rings is 2. The molecule has 50 heavy (non-hydrogen) atoms. The molecule has 0 amide bonds. The number of aromatic hydroxyl groups is 2. The van der Waals surface area contributed by atoms with Gasteiger partial charge in [0, 0.05) is 31.3 Å². The Morgan fingerprint density at radius 2 is 1.80 bits per heavy atom. The summed E-state index contributed by atoms with van der Waals surface area (Å²) in [7, 11) is 1.47. The first-order chi connectivity index (χ1) is 24.1. The number of hydrogen-bond acceptors (Lipinski definition) is 13. The fourth-order valence-electron chi connectivity index (χ4n) is 6.31. The number of nitrogens with one attached hydrogen (secondary N) is 2. The third kappa shape index (κ3) is 11.3. The molecule has 1 aliphatic heterocycles. The van der Waals surface area contributed by atoms with Gasteiger partial charge in [-0.1, -0.05) is 13.0 Å². The largest absolute Gasteiger partial charge is 0.504 e. The Hall–Kier alpha value is -3.85. The van der Waals surface area contributed by atoms with Crippen molar-refractivity contribution in [3.63, 3.8) is 0 Å². The third-order valence-corrected chi connectivity index (χ3v) is 8.91. The molecule has 1 aromatic heterocycles. The smallest absolute Gasteiger partial charge is 0.200 e. The van der Waals surface area contributed by atoms with Crippen molar-refractivity contribution >= 4 is 5.82 Å². The highest BCUT2D eigenvalue weighted by Gasteiger charge is 2.39. The van der Waals surface area contributed by atoms with Crippen molar-refractivity contribution in [3.8, 4) is 28.7 Å². The van der Waals surface area contributed by atoms with E-state index in [4.69, 9.17) is 24.7 Å². The number of anilines is 1. The molecule has 9 N–H and O–H groups in total. The van der Waals surface area contributed by atoms with Crippen LogP contribution in [-0.2, 0) is 17.6 Å². The second-order valence-electron chi connectivity index (χ2n) is 12.9. The van der Waals surface area contributed by atoms with Gasteiger partial charge in [-0.25, -0.2) is 4.98 Å². The molecule has 6 unspecified atom stereocenters. The molecule has 0 radical (unpaired) electrons. The number of rotatable bonds is 20. The van der Waals surface area contributed by atoms with Gasteiger partial charge in [-0.15, -0.1) is 0 Å². The molecule has 3 aromatic rings. The molecule has 4 rings (SSSR count). The number of aromatic nitrogens is 1. The number of ether oxygens (including phenoxy) is 4. The monoisotopic (exact) mass is 698 g/mol. The lowest BCUT2D eigenvalue weighted by molar-refractivity contribution is -0.144. The topological polar surface area (TPSA) is 201 Å². The maximum atomic E-state index is 11.3. The summed E-state index contributed by atoms with van der Waals surface area (Å²) < 4.78 is 24.0. The van der Waals surface area contributed by atoms with Crippen molar-refractivity contribution in [2.24, 2.45) is 5.92 Å². The minimum atomic E-state index is -0.742. The number of nitrogens with zero attached hydrogens (tertiary/aromatic N) is 1. The van der Waals surface area contributed by atoms with Crippen molar-refractivity contribution in [2.75, 3.05) is 45.9 Å². The maximum Gasteiger partial charge on any atom is 0.200 e. The van der Waals surface area contributed by atoms with Gasteiger partial charge >= 0.3 is 0 Å². The lowest BCUT2D eigenvalue weighted by Crippen LogP contribution is -2.40. The second-order valence-corrected chi connectivity index (χ2v) is 12.9. The molecule has 1 saturated heterocycles. The lowest BCUT2D eigenvalue weighted by atomic mass is 9.82. The van der Waals surface area contributed by atoms with Crippen LogP contribution in [0, 0.1) is 5.92 Å². The number of nitrogens with two attached hydrogens (primary N) is 1. The van der Waals surface area contributed by atoms with E-state index in [0.717, 1.165) is 30.5 Å². The van der Waals surface area contributed by atoms with Gasteiger partial charge in [0.15, 0.2) is 23.0 Å². The van der Waals surface area contributed by atoms with Gasteiger partial charge in [0.25, 0.3) is 0 Å². The lowest BCUT2D eigenvalue weighted by Gasteiger charge is -2.40. The summed E-state index contributed by atoms with van der Waals surface area (Å²) in [5.41, 5.74) is 8.51. The van der Waals surface area contributed by atoms with E-state index in [1.165, 1.54) is 7.11 Å². The molecular formula is C37H54N4O9. The summed E-state index contributed by atoms with van der Waals surface area (Å²) in [5.74, 6) is 0.731. The zero-order chi connectivity index (χ0) is 36.0. The van der Waals surface area contributed by atoms with Crippen LogP contribution < -0.4 is 30.6 Å². The average Bonchev–Trinajstić information content (AvgIpc) is 3.09. The van der Waals surface area contributed by atoms with Crippen LogP contribution in [0.5, 0.6) is 28.7 Å². The molecule has 1 fully saturated rings. The van der Waals surface area contributed by atoms with E-state index < -0.39 is 24.2 Å². The Morgan fingerprint density at radius 1 is 1.02 bits per heavy atom. The molecule has 13 heteroatoms. The molecule has 2 heterocycles. The molecule has 0 aliphatic carbocycles. The van der Waals surface area contributed by atoms with Gasteiger partial charge in [0.1, 0.15) is 19.2 Å².